The Hall–Kier alpha value is -4.55. The van der Waals surface area contributed by atoms with E-state index in [-0.39, 0.29) is 42.2 Å². The summed E-state index contributed by atoms with van der Waals surface area (Å²) in [5.41, 5.74) is 3.24. The minimum Gasteiger partial charge on any atom is -0.508 e. The van der Waals surface area contributed by atoms with Crippen molar-refractivity contribution in [2.75, 3.05) is 19.0 Å². The SMILES string of the molecule is COCC(=O)Nc1ccc(-c2ccc(O)c3c2CC2CC4CC(=O)C(C(N)=O)=C(O)C4(O)C(=O)C2=C3O)cn1. The number of carbonyl (C=O) groups excluding carboxylic acids is 4. The number of phenols is 1. The van der Waals surface area contributed by atoms with Crippen LogP contribution in [0.5, 0.6) is 5.75 Å². The zero-order chi connectivity index (χ0) is 28.2. The number of Topliss-reactive ketones (excluding diaryl/α,β-unsaturated/α-hetero) is 2. The molecule has 39 heavy (non-hydrogen) atoms. The first-order valence-corrected chi connectivity index (χ1v) is 12.1. The lowest BCUT2D eigenvalue weighted by molar-refractivity contribution is -0.147. The zero-order valence-corrected chi connectivity index (χ0v) is 20.7. The molecule has 2 amide bonds. The molecule has 0 spiro atoms. The molecule has 0 radical (unpaired) electrons. The van der Waals surface area contributed by atoms with Crippen molar-refractivity contribution >= 4 is 35.0 Å². The molecule has 12 heteroatoms. The molecule has 3 unspecified atom stereocenters. The van der Waals surface area contributed by atoms with Crippen LogP contribution in [0.4, 0.5) is 5.82 Å². The molecule has 3 aliphatic carbocycles. The fourth-order valence-corrected chi connectivity index (χ4v) is 5.83. The van der Waals surface area contributed by atoms with Gasteiger partial charge in [-0.2, -0.15) is 0 Å². The first kappa shape index (κ1) is 26.1. The summed E-state index contributed by atoms with van der Waals surface area (Å²) in [7, 11) is 1.39. The van der Waals surface area contributed by atoms with E-state index < -0.39 is 58.4 Å². The normalized spacial score (nSPS) is 24.2. The number of ketones is 2. The van der Waals surface area contributed by atoms with Crippen LogP contribution in [0.15, 0.2) is 47.4 Å². The number of carbonyl (C=O) groups is 4. The van der Waals surface area contributed by atoms with Crippen LogP contribution >= 0.6 is 0 Å². The van der Waals surface area contributed by atoms with Gasteiger partial charge in [-0.3, -0.25) is 19.2 Å². The van der Waals surface area contributed by atoms with Crippen LogP contribution in [0.3, 0.4) is 0 Å². The highest BCUT2D eigenvalue weighted by Crippen LogP contribution is 2.53. The second kappa shape index (κ2) is 9.33. The third-order valence-electron chi connectivity index (χ3n) is 7.56. The number of ether oxygens (including phenoxy) is 1. The minimum atomic E-state index is -2.62. The van der Waals surface area contributed by atoms with Gasteiger partial charge < -0.3 is 36.2 Å². The lowest BCUT2D eigenvalue weighted by Crippen LogP contribution is -2.58. The average molecular weight is 536 g/mol. The quantitative estimate of drug-likeness (QED) is 0.300. The molecular weight excluding hydrogens is 510 g/mol. The molecule has 0 aliphatic heterocycles. The topological polar surface area (TPSA) is 209 Å². The van der Waals surface area contributed by atoms with Crippen molar-refractivity contribution in [1.29, 1.82) is 0 Å². The number of nitrogens with zero attached hydrogens (tertiary/aromatic N) is 1. The maximum Gasteiger partial charge on any atom is 0.255 e. The zero-order valence-electron chi connectivity index (χ0n) is 20.7. The van der Waals surface area contributed by atoms with Crippen LogP contribution in [0.1, 0.15) is 24.0 Å². The number of phenolic OH excluding ortho intramolecular Hbond substituents is 1. The number of nitrogens with two attached hydrogens (primary N) is 1. The number of rotatable bonds is 5. The van der Waals surface area contributed by atoms with Crippen LogP contribution in [0.25, 0.3) is 16.9 Å². The van der Waals surface area contributed by atoms with Crippen LogP contribution in [0.2, 0.25) is 0 Å². The van der Waals surface area contributed by atoms with Crippen LogP contribution < -0.4 is 11.1 Å². The van der Waals surface area contributed by atoms with Crippen LogP contribution in [-0.2, 0) is 30.3 Å². The number of aromatic nitrogens is 1. The fourth-order valence-electron chi connectivity index (χ4n) is 5.83. The molecule has 202 valence electrons. The maximum absolute atomic E-state index is 13.6. The maximum atomic E-state index is 13.6. The summed E-state index contributed by atoms with van der Waals surface area (Å²) in [6, 6.07) is 6.24. The second-order valence-electron chi connectivity index (χ2n) is 9.81. The fraction of sp³-hybridized carbons (Fsp3) is 0.296. The number of aromatic hydroxyl groups is 1. The Balaban J connectivity index is 1.58. The highest BCUT2D eigenvalue weighted by atomic mass is 16.5. The number of hydrogen-bond acceptors (Lipinski definition) is 10. The summed E-state index contributed by atoms with van der Waals surface area (Å²) in [6.45, 7) is -0.137. The molecule has 3 aliphatic rings. The molecule has 1 saturated carbocycles. The number of aliphatic hydroxyl groups excluding tert-OH is 2. The molecule has 1 aromatic carbocycles. The average Bonchev–Trinajstić information content (AvgIpc) is 2.87. The van der Waals surface area contributed by atoms with Crippen molar-refractivity contribution in [3.05, 3.63) is 58.5 Å². The Morgan fingerprint density at radius 1 is 1.15 bits per heavy atom. The molecule has 12 nitrogen and oxygen atoms in total. The van der Waals surface area contributed by atoms with Crippen molar-refractivity contribution in [3.8, 4) is 16.9 Å². The van der Waals surface area contributed by atoms with Gasteiger partial charge in [0.15, 0.2) is 11.4 Å². The van der Waals surface area contributed by atoms with Crippen molar-refractivity contribution in [2.24, 2.45) is 17.6 Å². The smallest absolute Gasteiger partial charge is 0.255 e. The number of fused-ring (bicyclic) bond motifs is 3. The van der Waals surface area contributed by atoms with Gasteiger partial charge in [0.05, 0.1) is 5.56 Å². The Labute approximate surface area is 221 Å². The van der Waals surface area contributed by atoms with Gasteiger partial charge in [0.2, 0.25) is 5.78 Å². The minimum absolute atomic E-state index is 0.0166. The van der Waals surface area contributed by atoms with Crippen molar-refractivity contribution in [3.63, 3.8) is 0 Å². The summed E-state index contributed by atoms with van der Waals surface area (Å²) in [5, 5.41) is 46.5. The van der Waals surface area contributed by atoms with E-state index in [1.807, 2.05) is 0 Å². The molecule has 0 bridgehead atoms. The number of anilines is 1. The monoisotopic (exact) mass is 535 g/mol. The highest BCUT2D eigenvalue weighted by Gasteiger charge is 2.60. The lowest BCUT2D eigenvalue weighted by Gasteiger charge is -2.46. The number of amides is 2. The first-order valence-electron chi connectivity index (χ1n) is 12.1. The highest BCUT2D eigenvalue weighted by molar-refractivity contribution is 6.22. The molecule has 1 fully saturated rings. The first-order chi connectivity index (χ1) is 18.5. The number of aliphatic hydroxyl groups is 3. The number of nitrogens with one attached hydrogen (secondary N) is 1. The molecule has 1 aromatic heterocycles. The third-order valence-corrected chi connectivity index (χ3v) is 7.56. The summed E-state index contributed by atoms with van der Waals surface area (Å²) >= 11 is 0. The second-order valence-corrected chi connectivity index (χ2v) is 9.81. The molecule has 3 atom stereocenters. The van der Waals surface area contributed by atoms with Gasteiger partial charge in [0.1, 0.15) is 35.3 Å². The van der Waals surface area contributed by atoms with E-state index in [2.05, 4.69) is 10.3 Å². The predicted molar refractivity (Wildman–Crippen MR) is 135 cm³/mol. The van der Waals surface area contributed by atoms with Gasteiger partial charge in [0, 0.05) is 36.8 Å². The van der Waals surface area contributed by atoms with Crippen molar-refractivity contribution in [2.45, 2.75) is 24.9 Å². The third kappa shape index (κ3) is 3.96. The van der Waals surface area contributed by atoms with Crippen molar-refractivity contribution in [1.82, 2.24) is 4.98 Å². The standard InChI is InChI=1S/C27H25N3O9/c1-39-10-19(33)30-18-5-2-11(9-29-18)14-3-4-16(31)21-15(14)7-12-6-13-8-17(32)22(26(28)37)25(36)27(13,38)24(35)20(12)23(21)34/h2-5,9,12-13,31,34,36,38H,6-8,10H2,1H3,(H2,28,37)(H,29,30,33). The molecule has 5 rings (SSSR count). The summed E-state index contributed by atoms with van der Waals surface area (Å²) < 4.78 is 4.78. The molecule has 7 N–H and O–H groups in total. The summed E-state index contributed by atoms with van der Waals surface area (Å²) in [6.07, 6.45) is 1.30. The van der Waals surface area contributed by atoms with E-state index in [0.29, 0.717) is 22.5 Å². The Morgan fingerprint density at radius 3 is 2.54 bits per heavy atom. The van der Waals surface area contributed by atoms with E-state index >= 15 is 0 Å². The van der Waals surface area contributed by atoms with Gasteiger partial charge in [-0.25, -0.2) is 4.98 Å². The molecular formula is C27H25N3O9. The van der Waals surface area contributed by atoms with E-state index in [0.717, 1.165) is 0 Å². The van der Waals surface area contributed by atoms with Gasteiger partial charge in [-0.05, 0) is 48.1 Å². The van der Waals surface area contributed by atoms with E-state index in [1.165, 1.54) is 19.4 Å². The van der Waals surface area contributed by atoms with E-state index in [9.17, 15) is 39.6 Å². The largest absolute Gasteiger partial charge is 0.508 e. The number of hydrogen-bond donors (Lipinski definition) is 6. The van der Waals surface area contributed by atoms with Gasteiger partial charge in [-0.1, -0.05) is 6.07 Å². The Kier molecular flexibility index (Phi) is 6.24. The Bertz CT molecular complexity index is 1510. The number of pyridine rings is 1. The molecule has 0 saturated heterocycles. The summed E-state index contributed by atoms with van der Waals surface area (Å²) in [4.78, 5) is 53.9. The predicted octanol–water partition coefficient (Wildman–Crippen LogP) is 1.07. The summed E-state index contributed by atoms with van der Waals surface area (Å²) in [5.74, 6) is -6.91. The lowest BCUT2D eigenvalue weighted by atomic mass is 9.59. The van der Waals surface area contributed by atoms with E-state index in [4.69, 9.17) is 10.5 Å². The molecule has 2 aromatic rings. The number of primary amides is 1. The van der Waals surface area contributed by atoms with Crippen LogP contribution in [-0.4, -0.2) is 68.1 Å². The van der Waals surface area contributed by atoms with Crippen LogP contribution in [0, 0.1) is 11.8 Å². The van der Waals surface area contributed by atoms with Gasteiger partial charge in [0.25, 0.3) is 11.8 Å². The molecule has 1 heterocycles. The Morgan fingerprint density at radius 2 is 1.90 bits per heavy atom. The van der Waals surface area contributed by atoms with Crippen molar-refractivity contribution < 1.29 is 44.3 Å². The number of methoxy groups -OCH3 is 1. The van der Waals surface area contributed by atoms with Gasteiger partial charge in [-0.15, -0.1) is 0 Å². The van der Waals surface area contributed by atoms with E-state index in [1.54, 1.807) is 18.2 Å². The number of benzene rings is 1. The van der Waals surface area contributed by atoms with Gasteiger partial charge >= 0.3 is 0 Å².